The van der Waals surface area contributed by atoms with E-state index in [2.05, 4.69) is 4.98 Å². The highest BCUT2D eigenvalue weighted by molar-refractivity contribution is 7.89. The number of rotatable bonds is 6. The molecule has 0 atom stereocenters. The summed E-state index contributed by atoms with van der Waals surface area (Å²) in [6, 6.07) is 4.82. The van der Waals surface area contributed by atoms with Crippen LogP contribution < -0.4 is 0 Å². The Hall–Kier alpha value is -1.16. The van der Waals surface area contributed by atoms with Gasteiger partial charge in [0.25, 0.3) is 0 Å². The Morgan fingerprint density at radius 1 is 1.47 bits per heavy atom. The van der Waals surface area contributed by atoms with Crippen LogP contribution in [0.1, 0.15) is 20.3 Å². The smallest absolute Gasteiger partial charge is 0.243 e. The maximum absolute atomic E-state index is 12.4. The van der Waals surface area contributed by atoms with E-state index in [4.69, 9.17) is 16.9 Å². The molecule has 7 heteroatoms. The van der Waals surface area contributed by atoms with Crippen molar-refractivity contribution in [2.45, 2.75) is 25.2 Å². The molecular formula is C12H16ClN3O2S. The molecule has 1 aromatic heterocycles. The maximum atomic E-state index is 12.4. The van der Waals surface area contributed by atoms with Gasteiger partial charge in [-0.05, 0) is 18.1 Å². The summed E-state index contributed by atoms with van der Waals surface area (Å²) in [5.74, 6) is 0.175. The van der Waals surface area contributed by atoms with Gasteiger partial charge in [-0.2, -0.15) is 9.57 Å². The third-order valence-electron chi connectivity index (χ3n) is 2.38. The number of pyridine rings is 1. The van der Waals surface area contributed by atoms with Gasteiger partial charge in [-0.1, -0.05) is 25.4 Å². The van der Waals surface area contributed by atoms with Crippen LogP contribution in [0.2, 0.25) is 5.15 Å². The number of aromatic nitrogens is 1. The van der Waals surface area contributed by atoms with Gasteiger partial charge in [-0.3, -0.25) is 0 Å². The Morgan fingerprint density at radius 3 is 2.63 bits per heavy atom. The standard InChI is InChI=1S/C12H16ClN3O2S/c1-10(2)9-16(7-3-6-14)19(17,18)11-4-5-12(13)15-8-11/h4-5,8,10H,3,7,9H2,1-2H3. The average molecular weight is 302 g/mol. The molecule has 0 N–H and O–H groups in total. The van der Waals surface area contributed by atoms with E-state index in [0.717, 1.165) is 0 Å². The summed E-state index contributed by atoms with van der Waals surface area (Å²) in [4.78, 5) is 3.87. The molecule has 0 aliphatic carbocycles. The fourth-order valence-corrected chi connectivity index (χ4v) is 3.22. The first kappa shape index (κ1) is 15.9. The Balaban J connectivity index is 3.04. The van der Waals surface area contributed by atoms with Gasteiger partial charge >= 0.3 is 0 Å². The molecule has 1 aromatic rings. The Morgan fingerprint density at radius 2 is 2.16 bits per heavy atom. The number of nitriles is 1. The van der Waals surface area contributed by atoms with Crippen LogP contribution in [-0.2, 0) is 10.0 Å². The summed E-state index contributed by atoms with van der Waals surface area (Å²) in [5, 5.41) is 8.86. The summed E-state index contributed by atoms with van der Waals surface area (Å²) in [6.07, 6.45) is 1.39. The van der Waals surface area contributed by atoms with Gasteiger partial charge in [-0.25, -0.2) is 13.4 Å². The lowest BCUT2D eigenvalue weighted by Crippen LogP contribution is -2.35. The molecule has 0 unspecified atom stereocenters. The predicted molar refractivity (Wildman–Crippen MR) is 73.1 cm³/mol. The van der Waals surface area contributed by atoms with Crippen molar-refractivity contribution in [2.75, 3.05) is 13.1 Å². The minimum absolute atomic E-state index is 0.0930. The first-order valence-electron chi connectivity index (χ1n) is 5.86. The highest BCUT2D eigenvalue weighted by Crippen LogP contribution is 2.18. The fraction of sp³-hybridized carbons (Fsp3) is 0.500. The van der Waals surface area contributed by atoms with Crippen LogP contribution in [0.25, 0.3) is 0 Å². The average Bonchev–Trinajstić information content (AvgIpc) is 2.34. The summed E-state index contributed by atoms with van der Waals surface area (Å²) in [6.45, 7) is 4.40. The van der Waals surface area contributed by atoms with Gasteiger partial charge in [0, 0.05) is 25.7 Å². The van der Waals surface area contributed by atoms with E-state index >= 15 is 0 Å². The molecular weight excluding hydrogens is 286 g/mol. The molecule has 0 radical (unpaired) electrons. The lowest BCUT2D eigenvalue weighted by molar-refractivity contribution is 0.373. The number of halogens is 1. The van der Waals surface area contributed by atoms with E-state index in [-0.39, 0.29) is 28.9 Å². The summed E-state index contributed by atoms with van der Waals surface area (Å²) < 4.78 is 26.1. The van der Waals surface area contributed by atoms with Crippen LogP contribution in [-0.4, -0.2) is 30.8 Å². The number of hydrogen-bond acceptors (Lipinski definition) is 4. The SMILES string of the molecule is CC(C)CN(CCC#N)S(=O)(=O)c1ccc(Cl)nc1. The third kappa shape index (κ3) is 4.46. The van der Waals surface area contributed by atoms with Gasteiger partial charge in [-0.15, -0.1) is 0 Å². The van der Waals surface area contributed by atoms with Crippen molar-refractivity contribution in [3.05, 3.63) is 23.5 Å². The third-order valence-corrected chi connectivity index (χ3v) is 4.45. The predicted octanol–water partition coefficient (Wildman–Crippen LogP) is 2.30. The molecule has 0 aliphatic rings. The number of nitrogens with zero attached hydrogens (tertiary/aromatic N) is 3. The van der Waals surface area contributed by atoms with Crippen LogP contribution in [0.3, 0.4) is 0 Å². The van der Waals surface area contributed by atoms with Crippen molar-refractivity contribution in [3.8, 4) is 6.07 Å². The van der Waals surface area contributed by atoms with Crippen molar-refractivity contribution in [3.63, 3.8) is 0 Å². The van der Waals surface area contributed by atoms with Crippen molar-refractivity contribution in [2.24, 2.45) is 5.92 Å². The lowest BCUT2D eigenvalue weighted by Gasteiger charge is -2.22. The highest BCUT2D eigenvalue weighted by atomic mass is 35.5. The Kier molecular flexibility index (Phi) is 5.73. The van der Waals surface area contributed by atoms with Crippen molar-refractivity contribution < 1.29 is 8.42 Å². The van der Waals surface area contributed by atoms with E-state index in [1.165, 1.54) is 22.6 Å². The summed E-state index contributed by atoms with van der Waals surface area (Å²) in [7, 11) is -3.62. The van der Waals surface area contributed by atoms with Gasteiger partial charge in [0.1, 0.15) is 10.0 Å². The van der Waals surface area contributed by atoms with E-state index in [1.54, 1.807) is 0 Å². The molecule has 0 bridgehead atoms. The second-order valence-electron chi connectivity index (χ2n) is 4.48. The first-order valence-corrected chi connectivity index (χ1v) is 7.68. The second kappa shape index (κ2) is 6.85. The normalized spacial score (nSPS) is 11.8. The van der Waals surface area contributed by atoms with Crippen LogP contribution in [0.15, 0.2) is 23.2 Å². The molecule has 0 spiro atoms. The lowest BCUT2D eigenvalue weighted by atomic mass is 10.2. The molecule has 5 nitrogen and oxygen atoms in total. The number of hydrogen-bond donors (Lipinski definition) is 0. The van der Waals surface area contributed by atoms with Crippen molar-refractivity contribution in [1.82, 2.24) is 9.29 Å². The quantitative estimate of drug-likeness (QED) is 0.756. The Bertz CT molecular complexity index is 549. The van der Waals surface area contributed by atoms with Crippen molar-refractivity contribution in [1.29, 1.82) is 5.26 Å². The molecule has 0 fully saturated rings. The minimum atomic E-state index is -3.62. The second-order valence-corrected chi connectivity index (χ2v) is 6.81. The molecule has 0 aromatic carbocycles. The fourth-order valence-electron chi connectivity index (χ4n) is 1.56. The summed E-state index contributed by atoms with van der Waals surface area (Å²) in [5.41, 5.74) is 0. The molecule has 104 valence electrons. The van der Waals surface area contributed by atoms with E-state index in [0.29, 0.717) is 6.54 Å². The minimum Gasteiger partial charge on any atom is -0.243 e. The van der Waals surface area contributed by atoms with Crippen LogP contribution >= 0.6 is 11.6 Å². The Labute approximate surface area is 118 Å². The molecule has 1 rings (SSSR count). The zero-order chi connectivity index (χ0) is 14.5. The number of sulfonamides is 1. The van der Waals surface area contributed by atoms with Gasteiger partial charge in [0.05, 0.1) is 6.07 Å². The van der Waals surface area contributed by atoms with Crippen LogP contribution in [0.5, 0.6) is 0 Å². The van der Waals surface area contributed by atoms with Gasteiger partial charge in [0.2, 0.25) is 10.0 Å². The molecule has 1 heterocycles. The monoisotopic (exact) mass is 301 g/mol. The zero-order valence-electron chi connectivity index (χ0n) is 10.9. The molecule has 0 aliphatic heterocycles. The molecule has 0 saturated carbocycles. The van der Waals surface area contributed by atoms with Crippen LogP contribution in [0, 0.1) is 17.2 Å². The van der Waals surface area contributed by atoms with E-state index in [1.807, 2.05) is 19.9 Å². The molecule has 0 saturated heterocycles. The summed E-state index contributed by atoms with van der Waals surface area (Å²) >= 11 is 5.65. The largest absolute Gasteiger partial charge is 0.244 e. The van der Waals surface area contributed by atoms with Crippen molar-refractivity contribution >= 4 is 21.6 Å². The van der Waals surface area contributed by atoms with E-state index in [9.17, 15) is 8.42 Å². The topological polar surface area (TPSA) is 74.1 Å². The van der Waals surface area contributed by atoms with Gasteiger partial charge in [0.15, 0.2) is 0 Å². The van der Waals surface area contributed by atoms with Gasteiger partial charge < -0.3 is 0 Å². The molecule has 19 heavy (non-hydrogen) atoms. The maximum Gasteiger partial charge on any atom is 0.244 e. The molecule has 0 amide bonds. The zero-order valence-corrected chi connectivity index (χ0v) is 12.4. The van der Waals surface area contributed by atoms with Crippen LogP contribution in [0.4, 0.5) is 0 Å². The highest BCUT2D eigenvalue weighted by Gasteiger charge is 2.25. The first-order chi connectivity index (χ1) is 8.87. The van der Waals surface area contributed by atoms with E-state index < -0.39 is 10.0 Å².